The highest BCUT2D eigenvalue weighted by atomic mass is 19.1. The number of fused-ring (bicyclic) bond motifs is 1. The van der Waals surface area contributed by atoms with Gasteiger partial charge in [0, 0.05) is 12.1 Å². The number of aromatic hydroxyl groups is 1. The number of alkyl halides is 1. The summed E-state index contributed by atoms with van der Waals surface area (Å²) in [6.45, 7) is -0.456. The normalized spacial score (nSPS) is 15.3. The molecular formula is C11H12FNO2. The minimum absolute atomic E-state index is 0.0501. The molecule has 1 heterocycles. The van der Waals surface area contributed by atoms with Gasteiger partial charge in [-0.3, -0.25) is 4.79 Å². The third-order valence-electron chi connectivity index (χ3n) is 2.57. The summed E-state index contributed by atoms with van der Waals surface area (Å²) in [7, 11) is 0. The van der Waals surface area contributed by atoms with Gasteiger partial charge in [-0.1, -0.05) is 0 Å². The van der Waals surface area contributed by atoms with E-state index in [1.54, 1.807) is 12.1 Å². The fraction of sp³-hybridized carbons (Fsp3) is 0.364. The Morgan fingerprint density at radius 1 is 1.40 bits per heavy atom. The van der Waals surface area contributed by atoms with Crippen LogP contribution in [-0.2, 0) is 11.2 Å². The molecule has 0 saturated carbocycles. The van der Waals surface area contributed by atoms with Gasteiger partial charge in [0.25, 0.3) is 0 Å². The molecule has 0 aromatic heterocycles. The van der Waals surface area contributed by atoms with Crippen molar-refractivity contribution in [1.82, 2.24) is 0 Å². The number of benzene rings is 1. The van der Waals surface area contributed by atoms with Gasteiger partial charge in [0.2, 0.25) is 5.91 Å². The van der Waals surface area contributed by atoms with Crippen LogP contribution < -0.4 is 4.90 Å². The summed E-state index contributed by atoms with van der Waals surface area (Å²) in [5.74, 6) is 0.133. The first-order chi connectivity index (χ1) is 7.22. The molecule has 1 aromatic rings. The van der Waals surface area contributed by atoms with Crippen LogP contribution >= 0.6 is 0 Å². The zero-order valence-electron chi connectivity index (χ0n) is 8.24. The van der Waals surface area contributed by atoms with Gasteiger partial charge in [-0.2, -0.15) is 0 Å². The minimum Gasteiger partial charge on any atom is -0.508 e. The maximum atomic E-state index is 12.3. The Hall–Kier alpha value is -1.58. The summed E-state index contributed by atoms with van der Waals surface area (Å²) in [5.41, 5.74) is 1.63. The molecule has 3 nitrogen and oxygen atoms in total. The van der Waals surface area contributed by atoms with E-state index in [2.05, 4.69) is 0 Å². The molecule has 80 valence electrons. The second-order valence-corrected chi connectivity index (χ2v) is 3.55. The highest BCUT2D eigenvalue weighted by Gasteiger charge is 2.23. The Morgan fingerprint density at radius 2 is 2.20 bits per heavy atom. The van der Waals surface area contributed by atoms with Crippen LogP contribution in [0, 0.1) is 0 Å². The van der Waals surface area contributed by atoms with Crippen molar-refractivity contribution < 1.29 is 14.3 Å². The number of hydrogen-bond donors (Lipinski definition) is 1. The monoisotopic (exact) mass is 209 g/mol. The molecule has 0 unspecified atom stereocenters. The van der Waals surface area contributed by atoms with Crippen molar-refractivity contribution in [1.29, 1.82) is 0 Å². The third kappa shape index (κ3) is 1.79. The van der Waals surface area contributed by atoms with Gasteiger partial charge in [0.05, 0.1) is 6.54 Å². The summed E-state index contributed by atoms with van der Waals surface area (Å²) in [5, 5.41) is 9.29. The predicted molar refractivity (Wildman–Crippen MR) is 54.8 cm³/mol. The molecule has 0 aliphatic carbocycles. The van der Waals surface area contributed by atoms with Crippen molar-refractivity contribution in [2.45, 2.75) is 12.8 Å². The van der Waals surface area contributed by atoms with Crippen molar-refractivity contribution >= 4 is 11.6 Å². The van der Waals surface area contributed by atoms with Gasteiger partial charge < -0.3 is 10.0 Å². The van der Waals surface area contributed by atoms with Gasteiger partial charge in [0.1, 0.15) is 12.4 Å². The van der Waals surface area contributed by atoms with E-state index < -0.39 is 6.67 Å². The van der Waals surface area contributed by atoms with E-state index in [1.807, 2.05) is 0 Å². The van der Waals surface area contributed by atoms with E-state index in [4.69, 9.17) is 0 Å². The molecule has 0 atom stereocenters. The van der Waals surface area contributed by atoms with Gasteiger partial charge >= 0.3 is 0 Å². The van der Waals surface area contributed by atoms with Gasteiger partial charge in [-0.15, -0.1) is 0 Å². The molecule has 0 bridgehead atoms. The molecule has 1 aliphatic heterocycles. The maximum Gasteiger partial charge on any atom is 0.227 e. The number of aryl methyl sites for hydroxylation is 1. The van der Waals surface area contributed by atoms with Crippen LogP contribution in [0.25, 0.3) is 0 Å². The van der Waals surface area contributed by atoms with Gasteiger partial charge in [0.15, 0.2) is 0 Å². The van der Waals surface area contributed by atoms with Crippen LogP contribution in [0.2, 0.25) is 0 Å². The van der Waals surface area contributed by atoms with Crippen LogP contribution in [0.4, 0.5) is 10.1 Å². The van der Waals surface area contributed by atoms with E-state index in [-0.39, 0.29) is 18.2 Å². The number of amides is 1. The molecule has 1 aliphatic rings. The van der Waals surface area contributed by atoms with Crippen LogP contribution in [0.15, 0.2) is 18.2 Å². The number of phenolic OH excluding ortho intramolecular Hbond substituents is 1. The van der Waals surface area contributed by atoms with E-state index in [1.165, 1.54) is 11.0 Å². The highest BCUT2D eigenvalue weighted by Crippen LogP contribution is 2.30. The smallest absolute Gasteiger partial charge is 0.227 e. The maximum absolute atomic E-state index is 12.3. The van der Waals surface area contributed by atoms with Crippen LogP contribution in [0.5, 0.6) is 5.75 Å². The lowest BCUT2D eigenvalue weighted by Crippen LogP contribution is -2.36. The first kappa shape index (κ1) is 9.96. The SMILES string of the molecule is O=C1CCc2cc(O)ccc2N1CCF. The first-order valence-electron chi connectivity index (χ1n) is 4.90. The highest BCUT2D eigenvalue weighted by molar-refractivity contribution is 5.96. The number of phenols is 1. The Kier molecular flexibility index (Phi) is 2.58. The molecular weight excluding hydrogens is 197 g/mol. The predicted octanol–water partition coefficient (Wildman–Crippen LogP) is 1.64. The van der Waals surface area contributed by atoms with E-state index >= 15 is 0 Å². The third-order valence-corrected chi connectivity index (χ3v) is 2.57. The molecule has 1 aromatic carbocycles. The van der Waals surface area contributed by atoms with E-state index in [0.717, 1.165) is 11.3 Å². The molecule has 0 saturated heterocycles. The van der Waals surface area contributed by atoms with E-state index in [0.29, 0.717) is 12.8 Å². The Balaban J connectivity index is 2.39. The Bertz CT molecular complexity index is 392. The van der Waals surface area contributed by atoms with Crippen LogP contribution in [0.1, 0.15) is 12.0 Å². The number of anilines is 1. The fourth-order valence-electron chi connectivity index (χ4n) is 1.88. The van der Waals surface area contributed by atoms with Crippen molar-refractivity contribution in [3.63, 3.8) is 0 Å². The Morgan fingerprint density at radius 3 is 2.93 bits per heavy atom. The quantitative estimate of drug-likeness (QED) is 0.804. The minimum atomic E-state index is -0.550. The molecule has 0 spiro atoms. The van der Waals surface area contributed by atoms with Crippen molar-refractivity contribution in [2.75, 3.05) is 18.1 Å². The average Bonchev–Trinajstić information content (AvgIpc) is 2.22. The number of halogens is 1. The van der Waals surface area contributed by atoms with Crippen molar-refractivity contribution in [2.24, 2.45) is 0 Å². The standard InChI is InChI=1S/C11H12FNO2/c12-5-6-13-10-3-2-9(14)7-8(10)1-4-11(13)15/h2-3,7,14H,1,4-6H2. The second kappa shape index (κ2) is 3.88. The molecule has 4 heteroatoms. The largest absolute Gasteiger partial charge is 0.508 e. The fourth-order valence-corrected chi connectivity index (χ4v) is 1.88. The van der Waals surface area contributed by atoms with E-state index in [9.17, 15) is 14.3 Å². The number of nitrogens with zero attached hydrogens (tertiary/aromatic N) is 1. The average molecular weight is 209 g/mol. The molecule has 2 rings (SSSR count). The number of rotatable bonds is 2. The van der Waals surface area contributed by atoms with Gasteiger partial charge in [-0.25, -0.2) is 4.39 Å². The lowest BCUT2D eigenvalue weighted by atomic mass is 10.0. The van der Waals surface area contributed by atoms with Crippen LogP contribution in [-0.4, -0.2) is 24.2 Å². The lowest BCUT2D eigenvalue weighted by molar-refractivity contribution is -0.118. The van der Waals surface area contributed by atoms with Crippen molar-refractivity contribution in [3.8, 4) is 5.75 Å². The summed E-state index contributed by atoms with van der Waals surface area (Å²) in [6.07, 6.45) is 1.00. The molecule has 0 fully saturated rings. The summed E-state index contributed by atoms with van der Waals surface area (Å²) in [4.78, 5) is 13.0. The summed E-state index contributed by atoms with van der Waals surface area (Å²) >= 11 is 0. The number of carbonyl (C=O) groups excluding carboxylic acids is 1. The first-order valence-corrected chi connectivity index (χ1v) is 4.90. The number of hydrogen-bond acceptors (Lipinski definition) is 2. The molecule has 1 N–H and O–H groups in total. The topological polar surface area (TPSA) is 40.5 Å². The van der Waals surface area contributed by atoms with Crippen LogP contribution in [0.3, 0.4) is 0 Å². The lowest BCUT2D eigenvalue weighted by Gasteiger charge is -2.28. The summed E-state index contributed by atoms with van der Waals surface area (Å²) in [6, 6.07) is 4.81. The molecule has 0 radical (unpaired) electrons. The second-order valence-electron chi connectivity index (χ2n) is 3.55. The zero-order valence-corrected chi connectivity index (χ0v) is 8.24. The molecule has 15 heavy (non-hydrogen) atoms. The zero-order chi connectivity index (χ0) is 10.8. The van der Waals surface area contributed by atoms with Gasteiger partial charge in [-0.05, 0) is 30.2 Å². The number of carbonyl (C=O) groups is 1. The summed E-state index contributed by atoms with van der Waals surface area (Å²) < 4.78 is 12.3. The Labute approximate surface area is 87.1 Å². The molecule has 1 amide bonds. The van der Waals surface area contributed by atoms with Crippen molar-refractivity contribution in [3.05, 3.63) is 23.8 Å².